The zero-order valence-electron chi connectivity index (χ0n) is 10.5. The van der Waals surface area contributed by atoms with Gasteiger partial charge < -0.3 is 0 Å². The monoisotopic (exact) mass is 316 g/mol. The Morgan fingerprint density at radius 2 is 2.05 bits per heavy atom. The van der Waals surface area contributed by atoms with Gasteiger partial charge in [-0.25, -0.2) is 13.4 Å². The summed E-state index contributed by atoms with van der Waals surface area (Å²) in [6, 6.07) is 6.89. The van der Waals surface area contributed by atoms with E-state index in [-0.39, 0.29) is 4.21 Å². The second-order valence-electron chi connectivity index (χ2n) is 3.82. The molecule has 2 aromatic rings. The van der Waals surface area contributed by atoms with E-state index in [0.29, 0.717) is 22.3 Å². The van der Waals surface area contributed by atoms with Crippen LogP contribution in [0.4, 0.5) is 5.69 Å². The number of halogens is 1. The molecule has 0 unspecified atom stereocenters. The molecule has 7 heteroatoms. The lowest BCUT2D eigenvalue weighted by atomic mass is 10.3. The topological polar surface area (TPSA) is 50.3 Å². The Morgan fingerprint density at radius 1 is 1.37 bits per heavy atom. The number of thiazole rings is 1. The Bertz CT molecular complexity index is 683. The molecule has 0 aliphatic rings. The van der Waals surface area contributed by atoms with Gasteiger partial charge in [0.1, 0.15) is 0 Å². The first-order valence-electron chi connectivity index (χ1n) is 5.66. The lowest BCUT2D eigenvalue weighted by Gasteiger charge is -2.22. The van der Waals surface area contributed by atoms with Gasteiger partial charge in [0.05, 0.1) is 21.9 Å². The molecule has 1 aromatic carbocycles. The van der Waals surface area contributed by atoms with Gasteiger partial charge in [0.15, 0.2) is 4.21 Å². The molecule has 0 N–H and O–H groups in total. The molecule has 0 fully saturated rings. The molecular formula is C12H13ClN2O2S2. The van der Waals surface area contributed by atoms with E-state index in [1.807, 2.05) is 0 Å². The fourth-order valence-electron chi connectivity index (χ4n) is 1.69. The third-order valence-corrected chi connectivity index (χ3v) is 6.11. The maximum Gasteiger partial charge on any atom is 0.275 e. The summed E-state index contributed by atoms with van der Waals surface area (Å²) in [4.78, 5) is 4.00. The second-order valence-corrected chi connectivity index (χ2v) is 7.55. The Hall–Kier alpha value is -1.11. The fourth-order valence-corrected chi connectivity index (χ4v) is 4.70. The van der Waals surface area contributed by atoms with Crippen LogP contribution in [0.25, 0.3) is 0 Å². The quantitative estimate of drug-likeness (QED) is 0.869. The molecule has 0 spiro atoms. The normalized spacial score (nSPS) is 11.5. The van der Waals surface area contributed by atoms with E-state index in [1.54, 1.807) is 38.1 Å². The standard InChI is InChI=1S/C12H13ClN2O2S2/c1-3-15(11-7-5-4-6-10(11)13)19(16,17)12-8-14-9(2)18-12/h4-8H,3H2,1-2H3. The van der Waals surface area contributed by atoms with Gasteiger partial charge in [-0.1, -0.05) is 23.7 Å². The van der Waals surface area contributed by atoms with Crippen LogP contribution in [-0.4, -0.2) is 19.9 Å². The molecule has 0 saturated heterocycles. The minimum Gasteiger partial charge on any atom is -0.264 e. The van der Waals surface area contributed by atoms with Crippen molar-refractivity contribution in [3.05, 3.63) is 40.5 Å². The van der Waals surface area contributed by atoms with Crippen LogP contribution < -0.4 is 4.31 Å². The largest absolute Gasteiger partial charge is 0.275 e. The summed E-state index contributed by atoms with van der Waals surface area (Å²) >= 11 is 7.23. The van der Waals surface area contributed by atoms with Crippen molar-refractivity contribution in [3.63, 3.8) is 0 Å². The number of sulfonamides is 1. The van der Waals surface area contributed by atoms with Crippen molar-refractivity contribution < 1.29 is 8.42 Å². The molecule has 102 valence electrons. The lowest BCUT2D eigenvalue weighted by molar-refractivity contribution is 0.593. The highest BCUT2D eigenvalue weighted by Gasteiger charge is 2.26. The van der Waals surface area contributed by atoms with E-state index in [4.69, 9.17) is 11.6 Å². The van der Waals surface area contributed by atoms with Crippen LogP contribution in [0.1, 0.15) is 11.9 Å². The number of hydrogen-bond acceptors (Lipinski definition) is 4. The molecule has 0 aliphatic carbocycles. The lowest BCUT2D eigenvalue weighted by Crippen LogP contribution is -2.30. The van der Waals surface area contributed by atoms with Crippen LogP contribution >= 0.6 is 22.9 Å². The highest BCUT2D eigenvalue weighted by Crippen LogP contribution is 2.31. The van der Waals surface area contributed by atoms with Gasteiger partial charge in [-0.15, -0.1) is 11.3 Å². The number of hydrogen-bond donors (Lipinski definition) is 0. The van der Waals surface area contributed by atoms with Crippen LogP contribution in [0.5, 0.6) is 0 Å². The van der Waals surface area contributed by atoms with E-state index in [0.717, 1.165) is 11.3 Å². The Balaban J connectivity index is 2.51. The minimum absolute atomic E-state index is 0.228. The molecule has 4 nitrogen and oxygen atoms in total. The summed E-state index contributed by atoms with van der Waals surface area (Å²) in [5.74, 6) is 0. The number of nitrogens with zero attached hydrogens (tertiary/aromatic N) is 2. The Morgan fingerprint density at radius 3 is 2.58 bits per heavy atom. The van der Waals surface area contributed by atoms with Crippen molar-refractivity contribution in [2.24, 2.45) is 0 Å². The van der Waals surface area contributed by atoms with Crippen molar-refractivity contribution in [1.29, 1.82) is 0 Å². The van der Waals surface area contributed by atoms with Crippen LogP contribution in [0.15, 0.2) is 34.7 Å². The van der Waals surface area contributed by atoms with Crippen molar-refractivity contribution in [2.45, 2.75) is 18.1 Å². The molecule has 0 aliphatic heterocycles. The maximum atomic E-state index is 12.6. The predicted molar refractivity (Wildman–Crippen MR) is 78.5 cm³/mol. The summed E-state index contributed by atoms with van der Waals surface area (Å²) < 4.78 is 26.7. The third-order valence-electron chi connectivity index (χ3n) is 2.55. The number of para-hydroxylation sites is 1. The van der Waals surface area contributed by atoms with E-state index in [1.165, 1.54) is 10.5 Å². The van der Waals surface area contributed by atoms with Crippen LogP contribution in [0, 0.1) is 6.92 Å². The summed E-state index contributed by atoms with van der Waals surface area (Å²) in [5, 5.41) is 1.13. The highest BCUT2D eigenvalue weighted by atomic mass is 35.5. The molecule has 0 atom stereocenters. The van der Waals surface area contributed by atoms with Gasteiger partial charge in [-0.2, -0.15) is 0 Å². The van der Waals surface area contributed by atoms with E-state index in [9.17, 15) is 8.42 Å². The van der Waals surface area contributed by atoms with E-state index < -0.39 is 10.0 Å². The number of rotatable bonds is 4. The zero-order chi connectivity index (χ0) is 14.0. The molecule has 0 radical (unpaired) electrons. The Labute approximate surface area is 121 Å². The van der Waals surface area contributed by atoms with Crippen LogP contribution in [0.3, 0.4) is 0 Å². The van der Waals surface area contributed by atoms with Gasteiger partial charge in [-0.05, 0) is 26.0 Å². The zero-order valence-corrected chi connectivity index (χ0v) is 12.9. The number of anilines is 1. The van der Waals surface area contributed by atoms with Crippen LogP contribution in [-0.2, 0) is 10.0 Å². The van der Waals surface area contributed by atoms with Gasteiger partial charge in [0.2, 0.25) is 0 Å². The van der Waals surface area contributed by atoms with Gasteiger partial charge in [-0.3, -0.25) is 4.31 Å². The molecular weight excluding hydrogens is 304 g/mol. The third kappa shape index (κ3) is 2.75. The molecule has 2 rings (SSSR count). The predicted octanol–water partition coefficient (Wildman–Crippen LogP) is 3.32. The molecule has 19 heavy (non-hydrogen) atoms. The first-order valence-corrected chi connectivity index (χ1v) is 8.30. The fraction of sp³-hybridized carbons (Fsp3) is 0.250. The van der Waals surface area contributed by atoms with Crippen LogP contribution in [0.2, 0.25) is 5.02 Å². The number of benzene rings is 1. The number of aromatic nitrogens is 1. The molecule has 0 amide bonds. The molecule has 0 saturated carbocycles. The minimum atomic E-state index is -3.60. The average molecular weight is 317 g/mol. The highest BCUT2D eigenvalue weighted by molar-refractivity contribution is 7.94. The summed E-state index contributed by atoms with van der Waals surface area (Å²) in [6.45, 7) is 3.85. The van der Waals surface area contributed by atoms with Crippen molar-refractivity contribution >= 4 is 38.6 Å². The number of aryl methyl sites for hydroxylation is 1. The van der Waals surface area contributed by atoms with E-state index in [2.05, 4.69) is 4.98 Å². The molecule has 1 aromatic heterocycles. The summed E-state index contributed by atoms with van der Waals surface area (Å²) in [6.07, 6.45) is 1.38. The summed E-state index contributed by atoms with van der Waals surface area (Å²) in [5.41, 5.74) is 0.484. The molecule has 1 heterocycles. The first kappa shape index (κ1) is 14.3. The van der Waals surface area contributed by atoms with Crippen molar-refractivity contribution in [2.75, 3.05) is 10.8 Å². The average Bonchev–Trinajstić information content (AvgIpc) is 2.80. The SMILES string of the molecule is CCN(c1ccccc1Cl)S(=O)(=O)c1cnc(C)s1. The smallest absolute Gasteiger partial charge is 0.264 e. The summed E-state index contributed by atoms with van der Waals surface area (Å²) in [7, 11) is -3.60. The molecule has 0 bridgehead atoms. The van der Waals surface area contributed by atoms with Gasteiger partial charge in [0, 0.05) is 6.54 Å². The Kier molecular flexibility index (Phi) is 4.13. The van der Waals surface area contributed by atoms with Crippen molar-refractivity contribution in [1.82, 2.24) is 4.98 Å². The van der Waals surface area contributed by atoms with Gasteiger partial charge in [0.25, 0.3) is 10.0 Å². The second kappa shape index (κ2) is 5.48. The first-order chi connectivity index (χ1) is 8.96. The van der Waals surface area contributed by atoms with Gasteiger partial charge >= 0.3 is 0 Å². The maximum absolute atomic E-state index is 12.6. The van der Waals surface area contributed by atoms with Crippen molar-refractivity contribution in [3.8, 4) is 0 Å². The van der Waals surface area contributed by atoms with E-state index >= 15 is 0 Å².